The van der Waals surface area contributed by atoms with E-state index in [0.29, 0.717) is 10.6 Å². The quantitative estimate of drug-likeness (QED) is 0.662. The van der Waals surface area contributed by atoms with Crippen molar-refractivity contribution in [3.05, 3.63) is 28.2 Å². The predicted octanol–water partition coefficient (Wildman–Crippen LogP) is 2.98. The van der Waals surface area contributed by atoms with Gasteiger partial charge in [0.15, 0.2) is 0 Å². The number of anilines is 1. The van der Waals surface area contributed by atoms with E-state index in [1.54, 1.807) is 0 Å². The second-order valence-electron chi connectivity index (χ2n) is 8.49. The standard InChI is InChI=1S/C21H24N2O4S/c24-18(15-10-5-6-11(9-10)16(15)21(26)27)23-20-17(19(25)22-12-7-8-12)13-3-1-2-4-14(13)28-20/h5-6,10-12,15-16H,1-4,7-9H2,(H,22,25)(H,23,24)(H,26,27)/t10-,11+,15-,16+/m1/s1. The minimum absolute atomic E-state index is 0.0237. The summed E-state index contributed by atoms with van der Waals surface area (Å²) in [5.41, 5.74) is 1.69. The molecule has 3 N–H and O–H groups in total. The molecule has 0 unspecified atom stereocenters. The third kappa shape index (κ3) is 2.96. The predicted molar refractivity (Wildman–Crippen MR) is 105 cm³/mol. The van der Waals surface area contributed by atoms with E-state index in [2.05, 4.69) is 10.6 Å². The number of aliphatic carboxylic acids is 1. The number of amides is 2. The van der Waals surface area contributed by atoms with Crippen LogP contribution < -0.4 is 10.6 Å². The van der Waals surface area contributed by atoms with Crippen LogP contribution in [0.1, 0.15) is 52.9 Å². The van der Waals surface area contributed by atoms with Crippen molar-refractivity contribution in [3.63, 3.8) is 0 Å². The first-order chi connectivity index (χ1) is 13.5. The molecule has 2 saturated carbocycles. The number of carboxylic acid groups (broad SMARTS) is 1. The lowest BCUT2D eigenvalue weighted by Crippen LogP contribution is -2.36. The molecule has 1 aromatic heterocycles. The lowest BCUT2D eigenvalue weighted by molar-refractivity contribution is -0.146. The van der Waals surface area contributed by atoms with E-state index in [1.165, 1.54) is 16.2 Å². The van der Waals surface area contributed by atoms with Crippen molar-refractivity contribution in [2.24, 2.45) is 23.7 Å². The summed E-state index contributed by atoms with van der Waals surface area (Å²) in [6.45, 7) is 0. The fraction of sp³-hybridized carbons (Fsp3) is 0.571. The van der Waals surface area contributed by atoms with Crippen molar-refractivity contribution in [2.45, 2.75) is 51.0 Å². The molecule has 1 heterocycles. The van der Waals surface area contributed by atoms with Crippen LogP contribution >= 0.6 is 11.3 Å². The minimum atomic E-state index is -0.908. The summed E-state index contributed by atoms with van der Waals surface area (Å²) in [6.07, 6.45) is 10.6. The molecule has 7 heteroatoms. The highest BCUT2D eigenvalue weighted by Gasteiger charge is 2.51. The fourth-order valence-corrected chi connectivity index (χ4v) is 6.38. The summed E-state index contributed by atoms with van der Waals surface area (Å²) in [6, 6.07) is 0.252. The molecule has 2 bridgehead atoms. The summed E-state index contributed by atoms with van der Waals surface area (Å²) >= 11 is 1.50. The molecule has 1 aromatic rings. The number of aryl methyl sites for hydroxylation is 1. The van der Waals surface area contributed by atoms with Crippen LogP contribution in [0, 0.1) is 23.7 Å². The second-order valence-corrected chi connectivity index (χ2v) is 9.60. The molecule has 5 rings (SSSR count). The van der Waals surface area contributed by atoms with Crippen LogP contribution in [0.4, 0.5) is 5.00 Å². The second kappa shape index (κ2) is 6.72. The maximum atomic E-state index is 13.1. The molecule has 2 amide bonds. The summed E-state index contributed by atoms with van der Waals surface area (Å²) < 4.78 is 0. The van der Waals surface area contributed by atoms with Crippen molar-refractivity contribution in [3.8, 4) is 0 Å². The normalized spacial score (nSPS) is 30.1. The smallest absolute Gasteiger partial charge is 0.307 e. The van der Waals surface area contributed by atoms with Crippen molar-refractivity contribution in [1.82, 2.24) is 5.32 Å². The van der Waals surface area contributed by atoms with E-state index in [0.717, 1.165) is 50.5 Å². The van der Waals surface area contributed by atoms with E-state index >= 15 is 0 Å². The zero-order valence-corrected chi connectivity index (χ0v) is 16.4. The van der Waals surface area contributed by atoms with E-state index in [-0.39, 0.29) is 29.7 Å². The van der Waals surface area contributed by atoms with Gasteiger partial charge in [-0.25, -0.2) is 0 Å². The fourth-order valence-electron chi connectivity index (χ4n) is 5.09. The number of rotatable bonds is 5. The number of fused-ring (bicyclic) bond motifs is 3. The maximum Gasteiger partial charge on any atom is 0.307 e. The van der Waals surface area contributed by atoms with E-state index in [9.17, 15) is 19.5 Å². The largest absolute Gasteiger partial charge is 0.481 e. The number of hydrogen-bond donors (Lipinski definition) is 3. The molecular formula is C21H24N2O4S. The van der Waals surface area contributed by atoms with Gasteiger partial charge >= 0.3 is 5.97 Å². The van der Waals surface area contributed by atoms with E-state index in [4.69, 9.17) is 0 Å². The van der Waals surface area contributed by atoms with Gasteiger partial charge in [0, 0.05) is 10.9 Å². The van der Waals surface area contributed by atoms with Crippen LogP contribution in [0.2, 0.25) is 0 Å². The molecule has 2 fully saturated rings. The number of thiophene rings is 1. The summed E-state index contributed by atoms with van der Waals surface area (Å²) in [4.78, 5) is 38.9. The highest BCUT2D eigenvalue weighted by Crippen LogP contribution is 2.49. The molecule has 4 aliphatic rings. The van der Waals surface area contributed by atoms with E-state index < -0.39 is 17.8 Å². The van der Waals surface area contributed by atoms with Gasteiger partial charge in [0.2, 0.25) is 5.91 Å². The lowest BCUT2D eigenvalue weighted by atomic mass is 9.82. The van der Waals surface area contributed by atoms with Gasteiger partial charge in [-0.3, -0.25) is 14.4 Å². The van der Waals surface area contributed by atoms with Crippen LogP contribution in [0.3, 0.4) is 0 Å². The average Bonchev–Trinajstić information content (AvgIpc) is 3.10. The van der Waals surface area contributed by atoms with Gasteiger partial charge in [-0.2, -0.15) is 0 Å². The third-order valence-electron chi connectivity index (χ3n) is 6.59. The van der Waals surface area contributed by atoms with Crippen molar-refractivity contribution in [2.75, 3.05) is 5.32 Å². The topological polar surface area (TPSA) is 95.5 Å². The molecule has 0 spiro atoms. The summed E-state index contributed by atoms with van der Waals surface area (Å²) in [5, 5.41) is 16.3. The van der Waals surface area contributed by atoms with Crippen LogP contribution in [0.5, 0.6) is 0 Å². The number of hydrogen-bond acceptors (Lipinski definition) is 4. The lowest BCUT2D eigenvalue weighted by Gasteiger charge is -2.23. The number of allylic oxidation sites excluding steroid dienone is 2. The Hall–Kier alpha value is -2.15. The van der Waals surface area contributed by atoms with Crippen LogP contribution in [0.25, 0.3) is 0 Å². The minimum Gasteiger partial charge on any atom is -0.481 e. The van der Waals surface area contributed by atoms with Gasteiger partial charge in [-0.05, 0) is 62.3 Å². The highest BCUT2D eigenvalue weighted by atomic mass is 32.1. The Labute approximate surface area is 167 Å². The van der Waals surface area contributed by atoms with Gasteiger partial charge in [-0.1, -0.05) is 12.2 Å². The van der Waals surface area contributed by atoms with Crippen molar-refractivity contribution >= 4 is 34.1 Å². The Balaban J connectivity index is 1.43. The molecule has 0 aliphatic heterocycles. The SMILES string of the molecule is O=C(NC1CC1)c1c(NC(=O)[C@H]2[C@@H](C(=O)O)[C@H]3C=C[C@@H]2C3)sc2c1CCCC2. The Kier molecular flexibility index (Phi) is 4.30. The van der Waals surface area contributed by atoms with Crippen molar-refractivity contribution in [1.29, 1.82) is 0 Å². The Morgan fingerprint density at radius 2 is 1.75 bits per heavy atom. The monoisotopic (exact) mass is 400 g/mol. The number of carboxylic acids is 1. The molecular weight excluding hydrogens is 376 g/mol. The maximum absolute atomic E-state index is 13.1. The van der Waals surface area contributed by atoms with Crippen molar-refractivity contribution < 1.29 is 19.5 Å². The molecule has 4 atom stereocenters. The van der Waals surface area contributed by atoms with Gasteiger partial charge in [0.05, 0.1) is 17.4 Å². The Bertz CT molecular complexity index is 885. The molecule has 28 heavy (non-hydrogen) atoms. The van der Waals surface area contributed by atoms with Gasteiger partial charge < -0.3 is 15.7 Å². The van der Waals surface area contributed by atoms with Crippen LogP contribution in [-0.2, 0) is 22.4 Å². The van der Waals surface area contributed by atoms with Crippen LogP contribution in [-0.4, -0.2) is 28.9 Å². The number of carbonyl (C=O) groups excluding carboxylic acids is 2. The Morgan fingerprint density at radius 1 is 1.04 bits per heavy atom. The molecule has 0 aromatic carbocycles. The van der Waals surface area contributed by atoms with Gasteiger partial charge in [-0.15, -0.1) is 11.3 Å². The summed E-state index contributed by atoms with van der Waals surface area (Å²) in [5.74, 6) is -2.59. The van der Waals surface area contributed by atoms with Crippen LogP contribution in [0.15, 0.2) is 12.2 Å². The Morgan fingerprint density at radius 3 is 2.46 bits per heavy atom. The first-order valence-corrected chi connectivity index (χ1v) is 11.0. The first kappa shape index (κ1) is 17.9. The van der Waals surface area contributed by atoms with Gasteiger partial charge in [0.25, 0.3) is 5.91 Å². The zero-order valence-electron chi connectivity index (χ0n) is 15.6. The number of nitrogens with one attached hydrogen (secondary N) is 2. The number of carbonyl (C=O) groups is 3. The third-order valence-corrected chi connectivity index (χ3v) is 7.80. The molecule has 4 aliphatic carbocycles. The van der Waals surface area contributed by atoms with Gasteiger partial charge in [0.1, 0.15) is 5.00 Å². The molecule has 6 nitrogen and oxygen atoms in total. The summed E-state index contributed by atoms with van der Waals surface area (Å²) in [7, 11) is 0. The van der Waals surface area contributed by atoms with E-state index in [1.807, 2.05) is 12.2 Å². The average molecular weight is 401 g/mol. The zero-order chi connectivity index (χ0) is 19.4. The molecule has 0 saturated heterocycles. The first-order valence-electron chi connectivity index (χ1n) is 10.2. The molecule has 0 radical (unpaired) electrons. The molecule has 148 valence electrons. The highest BCUT2D eigenvalue weighted by molar-refractivity contribution is 7.17.